The lowest BCUT2D eigenvalue weighted by atomic mass is 9.71. The summed E-state index contributed by atoms with van der Waals surface area (Å²) in [5.74, 6) is -0.102. The summed E-state index contributed by atoms with van der Waals surface area (Å²) in [4.78, 5) is 41.3. The number of rotatable bonds is 7. The van der Waals surface area contributed by atoms with Crippen molar-refractivity contribution in [2.75, 3.05) is 25.6 Å². The number of nitrogens with zero attached hydrogens (tertiary/aromatic N) is 1. The Labute approximate surface area is 227 Å². The molecule has 0 atom stereocenters. The number of allylic oxidation sites excluding steroid dienone is 4. The number of ketones is 2. The third kappa shape index (κ3) is 4.83. The molecule has 3 aliphatic rings. The van der Waals surface area contributed by atoms with E-state index in [1.54, 1.807) is 24.3 Å². The van der Waals surface area contributed by atoms with Crippen LogP contribution in [0.5, 0.6) is 11.5 Å². The minimum Gasteiger partial charge on any atom is -0.493 e. The number of para-hydroxylation sites is 1. The van der Waals surface area contributed by atoms with Crippen molar-refractivity contribution in [2.45, 2.75) is 51.4 Å². The number of hydrogen-bond donors (Lipinski definition) is 1. The molecule has 1 N–H and O–H groups in total. The number of ether oxygens (including phenoxy) is 2. The van der Waals surface area contributed by atoms with E-state index in [1.165, 1.54) is 7.11 Å². The van der Waals surface area contributed by atoms with Crippen molar-refractivity contribution < 1.29 is 23.9 Å². The molecule has 2 aliphatic carbocycles. The Morgan fingerprint density at radius 1 is 1.00 bits per heavy atom. The van der Waals surface area contributed by atoms with Crippen LogP contribution in [0, 0.1) is 0 Å². The first-order chi connectivity index (χ1) is 18.4. The van der Waals surface area contributed by atoms with Crippen molar-refractivity contribution in [1.29, 1.82) is 0 Å². The molecule has 0 saturated carbocycles. The number of anilines is 1. The monoisotopic (exact) mass is 534 g/mol. The Morgan fingerprint density at radius 2 is 1.63 bits per heavy atom. The number of hydrogen-bond acceptors (Lipinski definition) is 6. The van der Waals surface area contributed by atoms with Crippen molar-refractivity contribution in [3.05, 3.63) is 75.6 Å². The van der Waals surface area contributed by atoms with Crippen LogP contribution in [-0.2, 0) is 14.4 Å². The minimum atomic E-state index is -0.495. The number of carbonyl (C=O) groups is 3. The predicted molar refractivity (Wildman–Crippen MR) is 145 cm³/mol. The molecule has 8 heteroatoms. The lowest BCUT2D eigenvalue weighted by Gasteiger charge is -2.43. The summed E-state index contributed by atoms with van der Waals surface area (Å²) in [6, 6.07) is 12.6. The number of halogens is 1. The van der Waals surface area contributed by atoms with E-state index >= 15 is 0 Å². The maximum Gasteiger partial charge on any atom is 0.262 e. The SMILES string of the molecule is CCN1C2=C(C(=O)CCC2)C(c2cc(Cl)c(OCC(=O)Nc3ccccc3)c(OC)c2)C2=C1CCCC2=O. The maximum atomic E-state index is 13.3. The Kier molecular flexibility index (Phi) is 7.56. The van der Waals surface area contributed by atoms with Gasteiger partial charge in [0, 0.05) is 53.5 Å². The molecule has 7 nitrogen and oxygen atoms in total. The standard InChI is InChI=1S/C30H31ClN2O5/c1-3-33-21-11-7-13-23(34)28(21)27(29-22(33)12-8-14-24(29)35)18-15-20(31)30(25(16-18)37-2)38-17-26(36)32-19-9-5-4-6-10-19/h4-6,9-10,15-16,27H,3,7-8,11-14,17H2,1-2H3,(H,32,36). The second kappa shape index (κ2) is 11.0. The lowest BCUT2D eigenvalue weighted by molar-refractivity contribution is -0.118. The molecule has 2 aromatic carbocycles. The summed E-state index contributed by atoms with van der Waals surface area (Å²) in [5, 5.41) is 3.02. The van der Waals surface area contributed by atoms with E-state index in [0.29, 0.717) is 47.5 Å². The van der Waals surface area contributed by atoms with Gasteiger partial charge in [-0.1, -0.05) is 29.8 Å². The number of amides is 1. The van der Waals surface area contributed by atoms with Gasteiger partial charge in [0.1, 0.15) is 0 Å². The van der Waals surface area contributed by atoms with E-state index in [0.717, 1.165) is 37.1 Å². The fraction of sp³-hybridized carbons (Fsp3) is 0.367. The van der Waals surface area contributed by atoms with Crippen LogP contribution in [0.3, 0.4) is 0 Å². The molecular weight excluding hydrogens is 504 g/mol. The van der Waals surface area contributed by atoms with Gasteiger partial charge in [-0.2, -0.15) is 0 Å². The van der Waals surface area contributed by atoms with Gasteiger partial charge in [-0.25, -0.2) is 0 Å². The molecule has 1 heterocycles. The van der Waals surface area contributed by atoms with Crippen molar-refractivity contribution in [1.82, 2.24) is 4.90 Å². The highest BCUT2D eigenvalue weighted by Crippen LogP contribution is 2.51. The van der Waals surface area contributed by atoms with Gasteiger partial charge in [0.15, 0.2) is 29.7 Å². The average molecular weight is 535 g/mol. The van der Waals surface area contributed by atoms with Crippen molar-refractivity contribution >= 4 is 34.8 Å². The second-order valence-electron chi connectivity index (χ2n) is 9.69. The Hall–Kier alpha value is -3.58. The molecule has 2 aromatic rings. The smallest absolute Gasteiger partial charge is 0.262 e. The summed E-state index contributed by atoms with van der Waals surface area (Å²) < 4.78 is 11.4. The average Bonchev–Trinajstić information content (AvgIpc) is 2.91. The highest BCUT2D eigenvalue weighted by atomic mass is 35.5. The maximum absolute atomic E-state index is 13.3. The van der Waals surface area contributed by atoms with Crippen molar-refractivity contribution in [2.24, 2.45) is 0 Å². The first kappa shape index (κ1) is 26.0. The van der Waals surface area contributed by atoms with E-state index < -0.39 is 5.92 Å². The van der Waals surface area contributed by atoms with Crippen molar-refractivity contribution in [3.63, 3.8) is 0 Å². The zero-order valence-corrected chi connectivity index (χ0v) is 22.4. The molecule has 0 unspecified atom stereocenters. The topological polar surface area (TPSA) is 84.9 Å². The van der Waals surface area contributed by atoms with Crippen LogP contribution in [-0.4, -0.2) is 42.6 Å². The second-order valence-corrected chi connectivity index (χ2v) is 10.1. The zero-order chi connectivity index (χ0) is 26.8. The first-order valence-corrected chi connectivity index (χ1v) is 13.5. The lowest BCUT2D eigenvalue weighted by Crippen LogP contribution is -2.39. The van der Waals surface area contributed by atoms with Gasteiger partial charge in [0.2, 0.25) is 0 Å². The number of benzene rings is 2. The van der Waals surface area contributed by atoms with Gasteiger partial charge in [-0.3, -0.25) is 14.4 Å². The molecule has 1 amide bonds. The number of nitrogens with one attached hydrogen (secondary N) is 1. The van der Waals surface area contributed by atoms with Crippen LogP contribution < -0.4 is 14.8 Å². The van der Waals surface area contributed by atoms with Crippen LogP contribution >= 0.6 is 11.6 Å². The zero-order valence-electron chi connectivity index (χ0n) is 21.6. The summed E-state index contributed by atoms with van der Waals surface area (Å²) in [6.45, 7) is 2.52. The molecule has 198 valence electrons. The minimum absolute atomic E-state index is 0.0765. The van der Waals surface area contributed by atoms with Crippen LogP contribution in [0.15, 0.2) is 65.0 Å². The largest absolute Gasteiger partial charge is 0.493 e. The number of Topliss-reactive ketones (excluding diaryl/α,β-unsaturated/α-hetero) is 2. The molecule has 1 aliphatic heterocycles. The molecule has 0 aromatic heterocycles. The van der Waals surface area contributed by atoms with E-state index in [2.05, 4.69) is 17.1 Å². The number of carbonyl (C=O) groups excluding carboxylic acids is 3. The first-order valence-electron chi connectivity index (χ1n) is 13.1. The molecule has 0 radical (unpaired) electrons. The highest BCUT2D eigenvalue weighted by molar-refractivity contribution is 6.32. The van der Waals surface area contributed by atoms with E-state index in [4.69, 9.17) is 21.1 Å². The Balaban J connectivity index is 1.51. The quantitative estimate of drug-likeness (QED) is 0.483. The van der Waals surface area contributed by atoms with Gasteiger partial charge in [-0.05, 0) is 62.4 Å². The summed E-state index contributed by atoms with van der Waals surface area (Å²) >= 11 is 6.71. The van der Waals surface area contributed by atoms with Gasteiger partial charge < -0.3 is 19.7 Å². The van der Waals surface area contributed by atoms with E-state index in [-0.39, 0.29) is 34.9 Å². The summed E-state index contributed by atoms with van der Waals surface area (Å²) in [6.07, 6.45) is 4.15. The molecule has 38 heavy (non-hydrogen) atoms. The van der Waals surface area contributed by atoms with Gasteiger partial charge in [0.25, 0.3) is 5.91 Å². The van der Waals surface area contributed by atoms with Crippen molar-refractivity contribution in [3.8, 4) is 11.5 Å². The Bertz CT molecular complexity index is 1300. The van der Waals surface area contributed by atoms with Crippen LogP contribution in [0.1, 0.15) is 56.9 Å². The van der Waals surface area contributed by atoms with Gasteiger partial charge >= 0.3 is 0 Å². The third-order valence-corrected chi connectivity index (χ3v) is 7.67. The van der Waals surface area contributed by atoms with Gasteiger partial charge in [0.05, 0.1) is 12.1 Å². The molecule has 0 fully saturated rings. The fourth-order valence-corrected chi connectivity index (χ4v) is 6.11. The summed E-state index contributed by atoms with van der Waals surface area (Å²) in [5.41, 5.74) is 4.82. The fourth-order valence-electron chi connectivity index (χ4n) is 5.83. The van der Waals surface area contributed by atoms with Gasteiger partial charge in [-0.15, -0.1) is 0 Å². The molecule has 0 saturated heterocycles. The molecule has 0 bridgehead atoms. The third-order valence-electron chi connectivity index (χ3n) is 7.39. The normalized spacial score (nSPS) is 17.8. The Morgan fingerprint density at radius 3 is 2.21 bits per heavy atom. The van der Waals surface area contributed by atoms with E-state index in [9.17, 15) is 14.4 Å². The van der Waals surface area contributed by atoms with E-state index in [1.807, 2.05) is 18.2 Å². The highest BCUT2D eigenvalue weighted by Gasteiger charge is 2.43. The summed E-state index contributed by atoms with van der Waals surface area (Å²) in [7, 11) is 1.50. The predicted octanol–water partition coefficient (Wildman–Crippen LogP) is 5.80. The number of methoxy groups -OCH3 is 1. The van der Waals surface area contributed by atoms with Crippen LogP contribution in [0.4, 0.5) is 5.69 Å². The molecule has 0 spiro atoms. The molecular formula is C30H31ClN2O5. The molecule has 5 rings (SSSR count). The van der Waals surface area contributed by atoms with Crippen LogP contribution in [0.2, 0.25) is 5.02 Å². The van der Waals surface area contributed by atoms with Crippen LogP contribution in [0.25, 0.3) is 0 Å².